The molecule has 0 aliphatic rings. The van der Waals surface area contributed by atoms with Crippen LogP contribution in [0, 0.1) is 10.1 Å². The molecule has 0 atom stereocenters. The van der Waals surface area contributed by atoms with Crippen molar-refractivity contribution >= 4 is 33.3 Å². The lowest BCUT2D eigenvalue weighted by Crippen LogP contribution is -2.07. The Morgan fingerprint density at radius 3 is 2.54 bits per heavy atom. The molecule has 0 bridgehead atoms. The molecule has 0 saturated carbocycles. The summed E-state index contributed by atoms with van der Waals surface area (Å²) >= 11 is 0. The van der Waals surface area contributed by atoms with Crippen molar-refractivity contribution < 1.29 is 19.2 Å². The highest BCUT2D eigenvalue weighted by atomic mass is 16.6. The second-order valence-corrected chi connectivity index (χ2v) is 8.00. The lowest BCUT2D eigenvalue weighted by atomic mass is 10.0. The van der Waals surface area contributed by atoms with E-state index in [-0.39, 0.29) is 12.3 Å². The minimum atomic E-state index is -0.526. The molecule has 1 heterocycles. The van der Waals surface area contributed by atoms with E-state index >= 15 is 0 Å². The zero-order valence-corrected chi connectivity index (χ0v) is 18.8. The molecule has 7 nitrogen and oxygen atoms in total. The summed E-state index contributed by atoms with van der Waals surface area (Å²) in [6.07, 6.45) is 0. The third-order valence-electron chi connectivity index (χ3n) is 5.77. The van der Waals surface area contributed by atoms with Crippen molar-refractivity contribution in [2.75, 3.05) is 7.11 Å². The van der Waals surface area contributed by atoms with Gasteiger partial charge in [0.25, 0.3) is 5.69 Å². The first-order valence-corrected chi connectivity index (χ1v) is 10.9. The Hall–Kier alpha value is -4.78. The lowest BCUT2D eigenvalue weighted by Gasteiger charge is -2.11. The number of nitro benzene ring substituents is 1. The third-order valence-corrected chi connectivity index (χ3v) is 5.77. The second kappa shape index (κ2) is 9.23. The number of hydrogen-bond donors (Lipinski definition) is 0. The summed E-state index contributed by atoms with van der Waals surface area (Å²) in [5, 5.41) is 13.8. The number of aromatic nitrogens is 1. The molecule has 0 saturated heterocycles. The van der Waals surface area contributed by atoms with Gasteiger partial charge in [-0.25, -0.2) is 9.78 Å². The Morgan fingerprint density at radius 1 is 0.914 bits per heavy atom. The van der Waals surface area contributed by atoms with E-state index in [1.807, 2.05) is 60.7 Å². The molecule has 0 radical (unpaired) electrons. The van der Waals surface area contributed by atoms with Gasteiger partial charge in [-0.3, -0.25) is 10.1 Å². The minimum absolute atomic E-state index is 0.0517. The predicted octanol–water partition coefficient (Wildman–Crippen LogP) is 6.33. The highest BCUT2D eigenvalue weighted by Gasteiger charge is 2.16. The van der Waals surface area contributed by atoms with E-state index in [1.165, 1.54) is 12.1 Å². The minimum Gasteiger partial charge on any atom is -0.497 e. The third kappa shape index (κ3) is 4.52. The maximum Gasteiger partial charge on any atom is 0.339 e. The van der Waals surface area contributed by atoms with Gasteiger partial charge in [-0.1, -0.05) is 48.5 Å². The van der Waals surface area contributed by atoms with E-state index in [2.05, 4.69) is 0 Å². The Bertz CT molecular complexity index is 1600. The van der Waals surface area contributed by atoms with Crippen molar-refractivity contribution in [2.45, 2.75) is 6.61 Å². The number of carbonyl (C=O) groups excluding carboxylic acids is 1. The summed E-state index contributed by atoms with van der Waals surface area (Å²) in [5.41, 5.74) is 3.04. The average Bonchev–Trinajstić information content (AvgIpc) is 2.90. The fourth-order valence-electron chi connectivity index (χ4n) is 3.99. The van der Waals surface area contributed by atoms with E-state index in [0.717, 1.165) is 22.1 Å². The molecule has 0 amide bonds. The van der Waals surface area contributed by atoms with Crippen molar-refractivity contribution in [1.29, 1.82) is 0 Å². The first kappa shape index (κ1) is 22.0. The topological polar surface area (TPSA) is 91.6 Å². The number of nitro groups is 1. The molecule has 7 heteroatoms. The van der Waals surface area contributed by atoms with Crippen LogP contribution in [0.3, 0.4) is 0 Å². The van der Waals surface area contributed by atoms with Crippen LogP contribution in [0.2, 0.25) is 0 Å². The number of para-hydroxylation sites is 1. The Balaban J connectivity index is 1.50. The van der Waals surface area contributed by atoms with E-state index in [0.29, 0.717) is 27.7 Å². The van der Waals surface area contributed by atoms with Gasteiger partial charge in [0.05, 0.1) is 28.8 Å². The first-order chi connectivity index (χ1) is 17.0. The smallest absolute Gasteiger partial charge is 0.339 e. The van der Waals surface area contributed by atoms with Crippen molar-refractivity contribution in [1.82, 2.24) is 4.98 Å². The van der Waals surface area contributed by atoms with Gasteiger partial charge in [-0.05, 0) is 46.7 Å². The van der Waals surface area contributed by atoms with Crippen LogP contribution in [0.25, 0.3) is 32.9 Å². The van der Waals surface area contributed by atoms with Crippen LogP contribution in [-0.4, -0.2) is 23.0 Å². The summed E-state index contributed by atoms with van der Waals surface area (Å²) < 4.78 is 10.8. The maximum absolute atomic E-state index is 13.1. The quantitative estimate of drug-likeness (QED) is 0.166. The van der Waals surface area contributed by atoms with Crippen LogP contribution in [-0.2, 0) is 11.3 Å². The normalized spacial score (nSPS) is 10.9. The van der Waals surface area contributed by atoms with Crippen LogP contribution in [0.15, 0.2) is 91.0 Å². The second-order valence-electron chi connectivity index (χ2n) is 8.00. The number of ether oxygens (including phenoxy) is 2. The molecule has 5 aromatic rings. The molecule has 4 aromatic carbocycles. The molecule has 0 spiro atoms. The number of hydrogen-bond acceptors (Lipinski definition) is 6. The monoisotopic (exact) mass is 464 g/mol. The molecule has 0 N–H and O–H groups in total. The molecule has 0 aliphatic carbocycles. The summed E-state index contributed by atoms with van der Waals surface area (Å²) in [5.74, 6) is 0.254. The van der Waals surface area contributed by atoms with Crippen LogP contribution >= 0.6 is 0 Å². The van der Waals surface area contributed by atoms with Crippen LogP contribution in [0.1, 0.15) is 15.9 Å². The van der Waals surface area contributed by atoms with Crippen LogP contribution in [0.4, 0.5) is 5.69 Å². The number of methoxy groups -OCH3 is 1. The Morgan fingerprint density at radius 2 is 1.71 bits per heavy atom. The van der Waals surface area contributed by atoms with Gasteiger partial charge in [-0.15, -0.1) is 0 Å². The summed E-state index contributed by atoms with van der Waals surface area (Å²) in [7, 11) is 1.63. The van der Waals surface area contributed by atoms with Gasteiger partial charge < -0.3 is 9.47 Å². The van der Waals surface area contributed by atoms with Crippen LogP contribution < -0.4 is 4.74 Å². The van der Waals surface area contributed by atoms with Gasteiger partial charge in [-0.2, -0.15) is 0 Å². The van der Waals surface area contributed by atoms with E-state index < -0.39 is 10.9 Å². The summed E-state index contributed by atoms with van der Waals surface area (Å²) in [6, 6.07) is 26.9. The van der Waals surface area contributed by atoms with E-state index in [4.69, 9.17) is 14.5 Å². The standard InChI is InChI=1S/C28H20N2O5/c1-34-23-12-11-19-14-21(10-9-20(19)15-23)27-16-25(24-7-2-3-8-26(24)29-27)28(31)35-17-18-5-4-6-22(13-18)30(32)33/h2-16H,17H2,1H3. The molecular weight excluding hydrogens is 444 g/mol. The number of rotatable bonds is 6. The van der Waals surface area contributed by atoms with Gasteiger partial charge in [0.1, 0.15) is 12.4 Å². The zero-order valence-electron chi connectivity index (χ0n) is 18.8. The number of nitrogens with zero attached hydrogens (tertiary/aromatic N) is 2. The predicted molar refractivity (Wildman–Crippen MR) is 133 cm³/mol. The van der Waals surface area contributed by atoms with Gasteiger partial charge in [0.15, 0.2) is 0 Å². The van der Waals surface area contributed by atoms with Crippen molar-refractivity contribution in [3.8, 4) is 17.0 Å². The van der Waals surface area contributed by atoms with Gasteiger partial charge in [0, 0.05) is 23.1 Å². The van der Waals surface area contributed by atoms with Gasteiger partial charge in [0.2, 0.25) is 0 Å². The number of carbonyl (C=O) groups is 1. The fourth-order valence-corrected chi connectivity index (χ4v) is 3.99. The summed E-state index contributed by atoms with van der Waals surface area (Å²) in [4.78, 5) is 28.4. The number of pyridine rings is 1. The summed E-state index contributed by atoms with van der Waals surface area (Å²) in [6.45, 7) is -0.0791. The molecule has 5 rings (SSSR count). The largest absolute Gasteiger partial charge is 0.497 e. The van der Waals surface area contributed by atoms with Crippen LogP contribution in [0.5, 0.6) is 5.75 Å². The highest BCUT2D eigenvalue weighted by molar-refractivity contribution is 6.04. The highest BCUT2D eigenvalue weighted by Crippen LogP contribution is 2.29. The first-order valence-electron chi connectivity index (χ1n) is 10.9. The number of esters is 1. The van der Waals surface area contributed by atoms with Gasteiger partial charge >= 0.3 is 5.97 Å². The van der Waals surface area contributed by atoms with Crippen molar-refractivity contribution in [2.24, 2.45) is 0 Å². The SMILES string of the molecule is COc1ccc2cc(-c3cc(C(=O)OCc4cccc([N+](=O)[O-])c4)c4ccccc4n3)ccc2c1. The molecule has 1 aromatic heterocycles. The Kier molecular flexibility index (Phi) is 5.81. The molecule has 35 heavy (non-hydrogen) atoms. The molecular formula is C28H20N2O5. The molecule has 172 valence electrons. The van der Waals surface area contributed by atoms with E-state index in [9.17, 15) is 14.9 Å². The molecule has 0 fully saturated rings. The van der Waals surface area contributed by atoms with Crippen molar-refractivity contribution in [3.63, 3.8) is 0 Å². The number of fused-ring (bicyclic) bond motifs is 2. The fraction of sp³-hybridized carbons (Fsp3) is 0.0714. The lowest BCUT2D eigenvalue weighted by molar-refractivity contribution is -0.384. The Labute approximate surface area is 200 Å². The number of non-ortho nitro benzene ring substituents is 1. The maximum atomic E-state index is 13.1. The van der Waals surface area contributed by atoms with E-state index in [1.54, 1.807) is 25.3 Å². The molecule has 0 aliphatic heterocycles. The van der Waals surface area contributed by atoms with Crippen molar-refractivity contribution in [3.05, 3.63) is 112 Å². The molecule has 0 unspecified atom stereocenters. The average molecular weight is 464 g/mol. The number of benzene rings is 4. The zero-order chi connectivity index (χ0) is 24.4.